The largest absolute Gasteiger partial charge is 0.271 e. The molecule has 5 nitrogen and oxygen atoms in total. The maximum atomic E-state index is 5.70. The van der Waals surface area contributed by atoms with Crippen LogP contribution in [0.25, 0.3) is 10.9 Å². The van der Waals surface area contributed by atoms with Gasteiger partial charge in [0.15, 0.2) is 0 Å². The first-order chi connectivity index (χ1) is 9.78. The molecule has 0 radical (unpaired) electrons. The molecule has 0 saturated carbocycles. The van der Waals surface area contributed by atoms with Crippen molar-refractivity contribution >= 4 is 10.9 Å². The highest BCUT2D eigenvalue weighted by atomic mass is 15.2. The Hall–Kier alpha value is -2.37. The summed E-state index contributed by atoms with van der Waals surface area (Å²) in [5, 5.41) is 1.08. The van der Waals surface area contributed by atoms with Crippen molar-refractivity contribution in [2.75, 3.05) is 0 Å². The van der Waals surface area contributed by atoms with Crippen molar-refractivity contribution in [2.24, 2.45) is 5.84 Å². The molecule has 2 aromatic heterocycles. The minimum atomic E-state index is -0.165. The molecule has 0 aliphatic carbocycles. The van der Waals surface area contributed by atoms with Crippen LogP contribution in [0.2, 0.25) is 0 Å². The molecule has 0 amide bonds. The van der Waals surface area contributed by atoms with Gasteiger partial charge in [-0.1, -0.05) is 12.1 Å². The van der Waals surface area contributed by atoms with Crippen LogP contribution in [0.1, 0.15) is 23.1 Å². The molecule has 1 atom stereocenters. The van der Waals surface area contributed by atoms with E-state index in [1.807, 2.05) is 37.3 Å². The SMILES string of the molecule is Cc1nccc(C(NN)c2ccc3ncccc3c2)n1. The van der Waals surface area contributed by atoms with Crippen molar-refractivity contribution < 1.29 is 0 Å². The van der Waals surface area contributed by atoms with Gasteiger partial charge in [-0.2, -0.15) is 0 Å². The van der Waals surface area contributed by atoms with E-state index in [1.54, 1.807) is 12.4 Å². The van der Waals surface area contributed by atoms with Gasteiger partial charge in [0.05, 0.1) is 17.3 Å². The van der Waals surface area contributed by atoms with E-state index in [4.69, 9.17) is 5.84 Å². The van der Waals surface area contributed by atoms with Gasteiger partial charge < -0.3 is 0 Å². The van der Waals surface area contributed by atoms with E-state index >= 15 is 0 Å². The van der Waals surface area contributed by atoms with Gasteiger partial charge in [-0.05, 0) is 36.8 Å². The topological polar surface area (TPSA) is 76.7 Å². The van der Waals surface area contributed by atoms with Gasteiger partial charge in [0.2, 0.25) is 0 Å². The quantitative estimate of drug-likeness (QED) is 0.558. The second-order valence-corrected chi connectivity index (χ2v) is 4.58. The Morgan fingerprint density at radius 2 is 2.00 bits per heavy atom. The van der Waals surface area contributed by atoms with Gasteiger partial charge in [0.25, 0.3) is 0 Å². The Bertz CT molecular complexity index is 741. The Kier molecular flexibility index (Phi) is 3.37. The second-order valence-electron chi connectivity index (χ2n) is 4.58. The zero-order valence-corrected chi connectivity index (χ0v) is 11.1. The molecule has 3 rings (SSSR count). The molecular weight excluding hydrogens is 250 g/mol. The summed E-state index contributed by atoms with van der Waals surface area (Å²) in [5.74, 6) is 6.43. The highest BCUT2D eigenvalue weighted by molar-refractivity contribution is 5.79. The van der Waals surface area contributed by atoms with E-state index in [9.17, 15) is 0 Å². The maximum absolute atomic E-state index is 5.70. The molecule has 0 aliphatic heterocycles. The van der Waals surface area contributed by atoms with Crippen molar-refractivity contribution in [3.63, 3.8) is 0 Å². The fraction of sp³-hybridized carbons (Fsp3) is 0.133. The molecule has 1 aromatic carbocycles. The van der Waals surface area contributed by atoms with E-state index in [2.05, 4.69) is 26.4 Å². The van der Waals surface area contributed by atoms with Crippen molar-refractivity contribution in [3.8, 4) is 0 Å². The molecule has 1 unspecified atom stereocenters. The lowest BCUT2D eigenvalue weighted by Crippen LogP contribution is -2.29. The second kappa shape index (κ2) is 5.32. The number of nitrogens with zero attached hydrogens (tertiary/aromatic N) is 3. The van der Waals surface area contributed by atoms with Crippen LogP contribution in [0.15, 0.2) is 48.8 Å². The number of aromatic nitrogens is 3. The van der Waals surface area contributed by atoms with Crippen molar-refractivity contribution in [1.29, 1.82) is 0 Å². The van der Waals surface area contributed by atoms with Gasteiger partial charge >= 0.3 is 0 Å². The molecule has 0 saturated heterocycles. The smallest absolute Gasteiger partial charge is 0.125 e. The third-order valence-electron chi connectivity index (χ3n) is 3.22. The minimum absolute atomic E-state index is 0.165. The molecule has 3 aromatic rings. The van der Waals surface area contributed by atoms with E-state index in [0.717, 1.165) is 28.0 Å². The Morgan fingerprint density at radius 3 is 2.80 bits per heavy atom. The van der Waals surface area contributed by atoms with Crippen molar-refractivity contribution in [2.45, 2.75) is 13.0 Å². The summed E-state index contributed by atoms with van der Waals surface area (Å²) < 4.78 is 0. The molecule has 0 aliphatic rings. The number of benzene rings is 1. The third kappa shape index (κ3) is 2.36. The molecule has 0 bridgehead atoms. The summed E-state index contributed by atoms with van der Waals surface area (Å²) in [7, 11) is 0. The van der Waals surface area contributed by atoms with Gasteiger partial charge in [0.1, 0.15) is 5.82 Å². The summed E-state index contributed by atoms with van der Waals surface area (Å²) in [6.07, 6.45) is 3.53. The fourth-order valence-corrected chi connectivity index (χ4v) is 2.26. The van der Waals surface area contributed by atoms with Crippen LogP contribution in [0, 0.1) is 6.92 Å². The molecule has 2 heterocycles. The molecular formula is C15H15N5. The predicted molar refractivity (Wildman–Crippen MR) is 77.7 cm³/mol. The fourth-order valence-electron chi connectivity index (χ4n) is 2.26. The number of hydrogen-bond acceptors (Lipinski definition) is 5. The normalized spacial score (nSPS) is 12.5. The number of aryl methyl sites for hydroxylation is 1. The highest BCUT2D eigenvalue weighted by Crippen LogP contribution is 2.23. The van der Waals surface area contributed by atoms with Crippen molar-refractivity contribution in [1.82, 2.24) is 20.4 Å². The average molecular weight is 265 g/mol. The lowest BCUT2D eigenvalue weighted by Gasteiger charge is -2.16. The molecule has 100 valence electrons. The summed E-state index contributed by atoms with van der Waals surface area (Å²) in [6.45, 7) is 1.86. The van der Waals surface area contributed by atoms with E-state index < -0.39 is 0 Å². The minimum Gasteiger partial charge on any atom is -0.271 e. The average Bonchev–Trinajstić information content (AvgIpc) is 2.48. The van der Waals surface area contributed by atoms with Crippen LogP contribution in [0.3, 0.4) is 0 Å². The van der Waals surface area contributed by atoms with Crippen LogP contribution in [0.4, 0.5) is 0 Å². The van der Waals surface area contributed by atoms with Crippen LogP contribution in [-0.2, 0) is 0 Å². The number of pyridine rings is 1. The van der Waals surface area contributed by atoms with Crippen LogP contribution in [-0.4, -0.2) is 15.0 Å². The zero-order valence-electron chi connectivity index (χ0n) is 11.1. The summed E-state index contributed by atoms with van der Waals surface area (Å²) in [4.78, 5) is 12.9. The van der Waals surface area contributed by atoms with Gasteiger partial charge in [-0.3, -0.25) is 10.8 Å². The number of hydrazine groups is 1. The van der Waals surface area contributed by atoms with Gasteiger partial charge in [-0.25, -0.2) is 15.4 Å². The molecule has 5 heteroatoms. The standard InChI is InChI=1S/C15H15N5/c1-10-17-8-6-14(19-10)15(20-16)12-4-5-13-11(9-12)3-2-7-18-13/h2-9,15,20H,16H2,1H3. The lowest BCUT2D eigenvalue weighted by atomic mass is 10.0. The first-order valence-electron chi connectivity index (χ1n) is 6.38. The predicted octanol–water partition coefficient (Wildman–Crippen LogP) is 1.89. The Morgan fingerprint density at radius 1 is 1.10 bits per heavy atom. The number of nitrogens with one attached hydrogen (secondary N) is 1. The van der Waals surface area contributed by atoms with E-state index in [1.165, 1.54) is 0 Å². The number of fused-ring (bicyclic) bond motifs is 1. The van der Waals surface area contributed by atoms with E-state index in [-0.39, 0.29) is 6.04 Å². The summed E-state index contributed by atoms with van der Waals surface area (Å²) >= 11 is 0. The first kappa shape index (κ1) is 12.7. The molecule has 0 spiro atoms. The monoisotopic (exact) mass is 265 g/mol. The zero-order chi connectivity index (χ0) is 13.9. The maximum Gasteiger partial charge on any atom is 0.125 e. The van der Waals surface area contributed by atoms with Crippen molar-refractivity contribution in [3.05, 3.63) is 65.9 Å². The van der Waals surface area contributed by atoms with Crippen LogP contribution >= 0.6 is 0 Å². The van der Waals surface area contributed by atoms with Gasteiger partial charge in [0, 0.05) is 17.8 Å². The molecule has 3 N–H and O–H groups in total. The third-order valence-corrected chi connectivity index (χ3v) is 3.22. The Labute approximate surface area is 116 Å². The number of nitrogens with two attached hydrogens (primary N) is 1. The van der Waals surface area contributed by atoms with Crippen LogP contribution in [0.5, 0.6) is 0 Å². The first-order valence-corrected chi connectivity index (χ1v) is 6.38. The lowest BCUT2D eigenvalue weighted by molar-refractivity contribution is 0.617. The highest BCUT2D eigenvalue weighted by Gasteiger charge is 2.14. The van der Waals surface area contributed by atoms with Crippen LogP contribution < -0.4 is 11.3 Å². The van der Waals surface area contributed by atoms with Gasteiger partial charge in [-0.15, -0.1) is 0 Å². The molecule has 20 heavy (non-hydrogen) atoms. The number of rotatable bonds is 3. The van der Waals surface area contributed by atoms with E-state index in [0.29, 0.717) is 0 Å². The number of hydrogen-bond donors (Lipinski definition) is 2. The Balaban J connectivity index is 2.07. The summed E-state index contributed by atoms with van der Waals surface area (Å²) in [6, 6.07) is 11.7. The molecule has 0 fully saturated rings. The summed E-state index contributed by atoms with van der Waals surface area (Å²) in [5.41, 5.74) is 5.68.